The van der Waals surface area contributed by atoms with Crippen molar-refractivity contribution in [2.24, 2.45) is 5.73 Å². The summed E-state index contributed by atoms with van der Waals surface area (Å²) < 4.78 is 5.34. The zero-order valence-corrected chi connectivity index (χ0v) is 13.1. The minimum atomic E-state index is -0.523. The molecule has 1 amide bonds. The van der Waals surface area contributed by atoms with Crippen molar-refractivity contribution in [1.82, 2.24) is 0 Å². The van der Waals surface area contributed by atoms with E-state index in [-0.39, 0.29) is 11.9 Å². The van der Waals surface area contributed by atoms with Crippen LogP contribution in [0.4, 0.5) is 5.69 Å². The second-order valence-corrected chi connectivity index (χ2v) is 6.66. The van der Waals surface area contributed by atoms with E-state index in [9.17, 15) is 4.79 Å². The van der Waals surface area contributed by atoms with Gasteiger partial charge in [-0.3, -0.25) is 4.79 Å². The largest absolute Gasteiger partial charge is 0.496 e. The fourth-order valence-electron chi connectivity index (χ4n) is 2.64. The first-order valence-electron chi connectivity index (χ1n) is 6.78. The van der Waals surface area contributed by atoms with Gasteiger partial charge in [-0.1, -0.05) is 12.1 Å². The van der Waals surface area contributed by atoms with Gasteiger partial charge in [-0.2, -0.15) is 0 Å². The van der Waals surface area contributed by atoms with Gasteiger partial charge in [0.25, 0.3) is 0 Å². The highest BCUT2D eigenvalue weighted by molar-refractivity contribution is 7.10. The maximum atomic E-state index is 12.0. The molecule has 0 fully saturated rings. The Kier molecular flexibility index (Phi) is 3.26. The van der Waals surface area contributed by atoms with Gasteiger partial charge in [0.15, 0.2) is 0 Å². The summed E-state index contributed by atoms with van der Waals surface area (Å²) in [6, 6.07) is 7.58. The lowest BCUT2D eigenvalue weighted by Crippen LogP contribution is -2.27. The van der Waals surface area contributed by atoms with Crippen LogP contribution in [-0.4, -0.2) is 13.0 Å². The maximum Gasteiger partial charge on any atom is 0.234 e. The van der Waals surface area contributed by atoms with Crippen LogP contribution in [0.15, 0.2) is 29.6 Å². The van der Waals surface area contributed by atoms with Crippen LogP contribution >= 0.6 is 11.3 Å². The van der Waals surface area contributed by atoms with Gasteiger partial charge in [-0.05, 0) is 42.5 Å². The van der Waals surface area contributed by atoms with E-state index in [1.54, 1.807) is 18.4 Å². The lowest BCUT2D eigenvalue weighted by atomic mass is 9.84. The summed E-state index contributed by atoms with van der Waals surface area (Å²) in [5.41, 5.74) is 8.71. The van der Waals surface area contributed by atoms with Crippen LogP contribution in [0, 0.1) is 0 Å². The zero-order chi connectivity index (χ0) is 15.2. The number of nitrogens with one attached hydrogen (secondary N) is 1. The standard InChI is InChI=1S/C16H18N2O2S/c1-16(2)10-8-9(4-5-11(10)18-15(16)19)13(17)14-12(20-3)6-7-21-14/h4-8,13H,17H2,1-3H3,(H,18,19). The number of carbonyl (C=O) groups is 1. The van der Waals surface area contributed by atoms with Crippen LogP contribution in [0.2, 0.25) is 0 Å². The predicted molar refractivity (Wildman–Crippen MR) is 85.0 cm³/mol. The second kappa shape index (κ2) is 4.86. The van der Waals surface area contributed by atoms with E-state index in [0.29, 0.717) is 0 Å². The molecule has 1 aromatic heterocycles. The van der Waals surface area contributed by atoms with Gasteiger partial charge in [0.05, 0.1) is 23.4 Å². The number of thiophene rings is 1. The van der Waals surface area contributed by atoms with Crippen molar-refractivity contribution in [1.29, 1.82) is 0 Å². The Labute approximate surface area is 127 Å². The molecule has 2 aromatic rings. The Morgan fingerprint density at radius 3 is 2.81 bits per heavy atom. The molecular weight excluding hydrogens is 284 g/mol. The minimum Gasteiger partial charge on any atom is -0.496 e. The molecule has 1 aliphatic heterocycles. The summed E-state index contributed by atoms with van der Waals surface area (Å²) in [6.45, 7) is 3.85. The second-order valence-electron chi connectivity index (χ2n) is 5.72. The van der Waals surface area contributed by atoms with Crippen molar-refractivity contribution in [3.8, 4) is 5.75 Å². The van der Waals surface area contributed by atoms with Crippen LogP contribution in [-0.2, 0) is 10.2 Å². The fraction of sp³-hybridized carbons (Fsp3) is 0.312. The van der Waals surface area contributed by atoms with Gasteiger partial charge in [-0.15, -0.1) is 11.3 Å². The molecule has 1 atom stereocenters. The van der Waals surface area contributed by atoms with Gasteiger partial charge in [0.1, 0.15) is 5.75 Å². The van der Waals surface area contributed by atoms with E-state index in [1.165, 1.54) is 0 Å². The number of rotatable bonds is 3. The summed E-state index contributed by atoms with van der Waals surface area (Å²) in [6.07, 6.45) is 0. The number of ether oxygens (including phenoxy) is 1. The molecule has 5 heteroatoms. The Hall–Kier alpha value is -1.85. The molecule has 0 bridgehead atoms. The first-order chi connectivity index (χ1) is 9.95. The number of hydrogen-bond donors (Lipinski definition) is 2. The maximum absolute atomic E-state index is 12.0. The van der Waals surface area contributed by atoms with Crippen molar-refractivity contribution in [2.45, 2.75) is 25.3 Å². The van der Waals surface area contributed by atoms with E-state index < -0.39 is 5.41 Å². The molecule has 0 saturated carbocycles. The normalized spacial score (nSPS) is 17.2. The van der Waals surface area contributed by atoms with E-state index in [0.717, 1.165) is 27.4 Å². The van der Waals surface area contributed by atoms with Gasteiger partial charge < -0.3 is 15.8 Å². The number of fused-ring (bicyclic) bond motifs is 1. The van der Waals surface area contributed by atoms with Crippen LogP contribution in [0.3, 0.4) is 0 Å². The quantitative estimate of drug-likeness (QED) is 0.916. The molecule has 3 N–H and O–H groups in total. The summed E-state index contributed by atoms with van der Waals surface area (Å²) in [7, 11) is 1.65. The molecule has 0 saturated heterocycles. The third kappa shape index (κ3) is 2.13. The highest BCUT2D eigenvalue weighted by atomic mass is 32.1. The minimum absolute atomic E-state index is 0.0249. The van der Waals surface area contributed by atoms with E-state index in [1.807, 2.05) is 43.5 Å². The monoisotopic (exact) mass is 302 g/mol. The summed E-state index contributed by atoms with van der Waals surface area (Å²) >= 11 is 1.58. The SMILES string of the molecule is COc1ccsc1C(N)c1ccc2c(c1)C(C)(C)C(=O)N2. The van der Waals surface area contributed by atoms with Gasteiger partial charge >= 0.3 is 0 Å². The lowest BCUT2D eigenvalue weighted by molar-refractivity contribution is -0.119. The zero-order valence-electron chi connectivity index (χ0n) is 12.3. The molecule has 4 nitrogen and oxygen atoms in total. The van der Waals surface area contributed by atoms with E-state index in [4.69, 9.17) is 10.5 Å². The molecule has 0 spiro atoms. The molecule has 0 aliphatic carbocycles. The Balaban J connectivity index is 2.02. The molecule has 2 heterocycles. The van der Waals surface area contributed by atoms with Crippen molar-refractivity contribution < 1.29 is 9.53 Å². The third-order valence-corrected chi connectivity index (χ3v) is 5.03. The van der Waals surface area contributed by atoms with Gasteiger partial charge in [0, 0.05) is 5.69 Å². The lowest BCUT2D eigenvalue weighted by Gasteiger charge is -2.18. The molecule has 1 unspecified atom stereocenters. The first-order valence-corrected chi connectivity index (χ1v) is 7.66. The van der Waals surface area contributed by atoms with Crippen LogP contribution in [0.1, 0.15) is 35.9 Å². The van der Waals surface area contributed by atoms with Crippen molar-refractivity contribution in [2.75, 3.05) is 12.4 Å². The number of methoxy groups -OCH3 is 1. The predicted octanol–water partition coefficient (Wildman–Crippen LogP) is 3.03. The van der Waals surface area contributed by atoms with Crippen LogP contribution in [0.5, 0.6) is 5.75 Å². The Morgan fingerprint density at radius 2 is 2.10 bits per heavy atom. The van der Waals surface area contributed by atoms with Crippen molar-refractivity contribution in [3.63, 3.8) is 0 Å². The average Bonchev–Trinajstić information content (AvgIpc) is 3.02. The summed E-state index contributed by atoms with van der Waals surface area (Å²) in [4.78, 5) is 13.0. The third-order valence-electron chi connectivity index (χ3n) is 4.05. The highest BCUT2D eigenvalue weighted by Crippen LogP contribution is 2.40. The molecule has 0 radical (unpaired) electrons. The summed E-state index contributed by atoms with van der Waals surface area (Å²) in [5.74, 6) is 0.832. The Bertz CT molecular complexity index is 706. The van der Waals surface area contributed by atoms with E-state index in [2.05, 4.69) is 5.32 Å². The molecule has 1 aliphatic rings. The summed E-state index contributed by atoms with van der Waals surface area (Å²) in [5, 5.41) is 4.88. The fourth-order valence-corrected chi connectivity index (χ4v) is 3.53. The van der Waals surface area contributed by atoms with Crippen LogP contribution < -0.4 is 15.8 Å². The molecule has 110 valence electrons. The van der Waals surface area contributed by atoms with Gasteiger partial charge in [0.2, 0.25) is 5.91 Å². The number of anilines is 1. The number of carbonyl (C=O) groups excluding carboxylic acids is 1. The van der Waals surface area contributed by atoms with Crippen molar-refractivity contribution in [3.05, 3.63) is 45.6 Å². The molecular formula is C16H18N2O2S. The van der Waals surface area contributed by atoms with Crippen molar-refractivity contribution >= 4 is 22.9 Å². The first kappa shape index (κ1) is 14.1. The number of nitrogens with two attached hydrogens (primary N) is 1. The topological polar surface area (TPSA) is 64.3 Å². The Morgan fingerprint density at radius 1 is 1.33 bits per heavy atom. The van der Waals surface area contributed by atoms with Gasteiger partial charge in [-0.25, -0.2) is 0 Å². The van der Waals surface area contributed by atoms with Crippen LogP contribution in [0.25, 0.3) is 0 Å². The smallest absolute Gasteiger partial charge is 0.234 e. The highest BCUT2D eigenvalue weighted by Gasteiger charge is 2.38. The number of hydrogen-bond acceptors (Lipinski definition) is 4. The number of benzene rings is 1. The molecule has 3 rings (SSSR count). The number of amides is 1. The molecule has 1 aromatic carbocycles. The van der Waals surface area contributed by atoms with E-state index >= 15 is 0 Å². The average molecular weight is 302 g/mol. The molecule has 21 heavy (non-hydrogen) atoms.